The molecule has 30 heavy (non-hydrogen) atoms. The van der Waals surface area contributed by atoms with Gasteiger partial charge in [0.1, 0.15) is 5.75 Å². The summed E-state index contributed by atoms with van der Waals surface area (Å²) >= 11 is 1.13. The maximum atomic E-state index is 12.5. The highest BCUT2D eigenvalue weighted by Crippen LogP contribution is 2.28. The summed E-state index contributed by atoms with van der Waals surface area (Å²) in [5, 5.41) is 8.20. The second-order valence-electron chi connectivity index (χ2n) is 6.05. The lowest BCUT2D eigenvalue weighted by Crippen LogP contribution is -2.16. The monoisotopic (exact) mass is 456 g/mol. The first-order chi connectivity index (χ1) is 14.2. The van der Waals surface area contributed by atoms with Crippen LogP contribution in [0.2, 0.25) is 0 Å². The number of fused-ring (bicyclic) bond motifs is 1. The van der Waals surface area contributed by atoms with Crippen LogP contribution in [0.5, 0.6) is 5.75 Å². The zero-order valence-corrected chi connectivity index (χ0v) is 17.3. The largest absolute Gasteiger partial charge is 0.433 e. The zero-order chi connectivity index (χ0) is 21.9. The van der Waals surface area contributed by atoms with Gasteiger partial charge in [0, 0.05) is 6.54 Å². The Balaban J connectivity index is 1.76. The summed E-state index contributed by atoms with van der Waals surface area (Å²) in [6, 6.07) is 10.3. The van der Waals surface area contributed by atoms with Crippen LogP contribution in [0, 0.1) is 0 Å². The van der Waals surface area contributed by atoms with E-state index in [1.807, 2.05) is 11.5 Å². The summed E-state index contributed by atoms with van der Waals surface area (Å²) < 4.78 is 54.3. The molecule has 0 radical (unpaired) electrons. The van der Waals surface area contributed by atoms with Gasteiger partial charge < -0.3 is 14.6 Å². The van der Waals surface area contributed by atoms with Crippen LogP contribution in [0.1, 0.15) is 6.92 Å². The van der Waals surface area contributed by atoms with Gasteiger partial charge in [-0.3, -0.25) is 4.79 Å². The summed E-state index contributed by atoms with van der Waals surface area (Å²) in [6.07, 6.45) is 0. The molecule has 3 rings (SSSR count). The van der Waals surface area contributed by atoms with Crippen LogP contribution in [-0.4, -0.2) is 36.2 Å². The van der Waals surface area contributed by atoms with E-state index in [1.165, 1.54) is 30.3 Å². The Morgan fingerprint density at radius 1 is 1.30 bits per heavy atom. The van der Waals surface area contributed by atoms with E-state index in [-0.39, 0.29) is 22.1 Å². The lowest BCUT2D eigenvalue weighted by molar-refractivity contribution is -0.113. The fourth-order valence-corrected chi connectivity index (χ4v) is 4.18. The van der Waals surface area contributed by atoms with Crippen molar-refractivity contribution in [1.29, 1.82) is 0 Å². The number of thioether (sulfide) groups is 1. The average Bonchev–Trinajstić information content (AvgIpc) is 3.03. The summed E-state index contributed by atoms with van der Waals surface area (Å²) in [4.78, 5) is 16.7. The number of aryl methyl sites for hydroxylation is 1. The van der Waals surface area contributed by atoms with E-state index in [0.29, 0.717) is 22.7 Å². The molecular weight excluding hydrogens is 438 g/mol. The van der Waals surface area contributed by atoms with Gasteiger partial charge in [-0.25, -0.2) is 18.5 Å². The van der Waals surface area contributed by atoms with Gasteiger partial charge in [0.15, 0.2) is 5.16 Å². The van der Waals surface area contributed by atoms with Crippen molar-refractivity contribution in [3.05, 3.63) is 42.5 Å². The second kappa shape index (κ2) is 8.98. The van der Waals surface area contributed by atoms with Crippen molar-refractivity contribution < 1.29 is 26.7 Å². The SMILES string of the molecule is CCn1c(SCC(=O)Nc2ccccc2OC(F)F)nc2cc(S(N)(=O)=O)ccc21. The Bertz CT molecular complexity index is 1180. The van der Waals surface area contributed by atoms with Crippen LogP contribution in [0.4, 0.5) is 14.5 Å². The smallest absolute Gasteiger partial charge is 0.387 e. The molecule has 1 heterocycles. The third kappa shape index (κ3) is 5.07. The van der Waals surface area contributed by atoms with Gasteiger partial charge in [0.2, 0.25) is 15.9 Å². The number of ether oxygens (including phenoxy) is 1. The van der Waals surface area contributed by atoms with Crippen molar-refractivity contribution in [3.8, 4) is 5.75 Å². The van der Waals surface area contributed by atoms with E-state index >= 15 is 0 Å². The first-order valence-electron chi connectivity index (χ1n) is 8.68. The minimum Gasteiger partial charge on any atom is -0.433 e. The molecule has 0 unspecified atom stereocenters. The molecule has 0 aliphatic heterocycles. The van der Waals surface area contributed by atoms with Crippen LogP contribution in [0.15, 0.2) is 52.5 Å². The standard InChI is InChI=1S/C18H18F2N4O4S2/c1-2-24-14-8-7-11(30(21,26)27)9-13(14)23-18(24)29-10-16(25)22-12-5-3-4-6-15(12)28-17(19)20/h3-9,17H,2,10H2,1H3,(H,22,25)(H2,21,26,27). The number of imidazole rings is 1. The number of carbonyl (C=O) groups excluding carboxylic acids is 1. The topological polar surface area (TPSA) is 116 Å². The molecular formula is C18H18F2N4O4S2. The van der Waals surface area contributed by atoms with Crippen LogP contribution < -0.4 is 15.2 Å². The van der Waals surface area contributed by atoms with Crippen LogP contribution in [-0.2, 0) is 21.4 Å². The van der Waals surface area contributed by atoms with E-state index in [9.17, 15) is 22.0 Å². The minimum absolute atomic E-state index is 0.0472. The van der Waals surface area contributed by atoms with Gasteiger partial charge in [-0.1, -0.05) is 23.9 Å². The predicted molar refractivity (Wildman–Crippen MR) is 109 cm³/mol. The third-order valence-electron chi connectivity index (χ3n) is 4.04. The van der Waals surface area contributed by atoms with Crippen LogP contribution in [0.3, 0.4) is 0 Å². The quantitative estimate of drug-likeness (QED) is 0.504. The van der Waals surface area contributed by atoms with Crippen molar-refractivity contribution in [2.75, 3.05) is 11.1 Å². The molecule has 0 saturated heterocycles. The summed E-state index contributed by atoms with van der Waals surface area (Å²) in [7, 11) is -3.86. The lowest BCUT2D eigenvalue weighted by Gasteiger charge is -2.11. The number of halogens is 2. The van der Waals surface area contributed by atoms with E-state index in [4.69, 9.17) is 5.14 Å². The average molecular weight is 456 g/mol. The van der Waals surface area contributed by atoms with E-state index in [0.717, 1.165) is 11.8 Å². The van der Waals surface area contributed by atoms with E-state index in [1.54, 1.807) is 12.1 Å². The minimum atomic E-state index is -3.86. The van der Waals surface area contributed by atoms with Crippen molar-refractivity contribution in [2.24, 2.45) is 5.14 Å². The molecule has 0 aliphatic carbocycles. The first kappa shape index (κ1) is 22.0. The van der Waals surface area contributed by atoms with Gasteiger partial charge in [-0.2, -0.15) is 8.78 Å². The highest BCUT2D eigenvalue weighted by atomic mass is 32.2. The lowest BCUT2D eigenvalue weighted by atomic mass is 10.3. The van der Waals surface area contributed by atoms with Crippen LogP contribution >= 0.6 is 11.8 Å². The Morgan fingerprint density at radius 3 is 2.70 bits per heavy atom. The van der Waals surface area contributed by atoms with Crippen molar-refractivity contribution in [3.63, 3.8) is 0 Å². The van der Waals surface area contributed by atoms with Crippen molar-refractivity contribution in [1.82, 2.24) is 9.55 Å². The Hall–Kier alpha value is -2.70. The molecule has 0 fully saturated rings. The number of carbonyl (C=O) groups is 1. The van der Waals surface area contributed by atoms with E-state index in [2.05, 4.69) is 15.0 Å². The number of benzene rings is 2. The molecule has 1 amide bonds. The number of nitrogens with zero attached hydrogens (tertiary/aromatic N) is 2. The summed E-state index contributed by atoms with van der Waals surface area (Å²) in [5.74, 6) is -0.624. The maximum Gasteiger partial charge on any atom is 0.387 e. The number of sulfonamides is 1. The molecule has 0 bridgehead atoms. The Morgan fingerprint density at radius 2 is 2.03 bits per heavy atom. The molecule has 0 spiro atoms. The molecule has 0 aliphatic rings. The number of anilines is 1. The molecule has 12 heteroatoms. The molecule has 160 valence electrons. The molecule has 0 saturated carbocycles. The number of hydrogen-bond acceptors (Lipinski definition) is 6. The highest BCUT2D eigenvalue weighted by Gasteiger charge is 2.16. The molecule has 2 aromatic carbocycles. The summed E-state index contributed by atoms with van der Waals surface area (Å²) in [6.45, 7) is -0.583. The maximum absolute atomic E-state index is 12.5. The van der Waals surface area contributed by atoms with Crippen molar-refractivity contribution in [2.45, 2.75) is 30.1 Å². The van der Waals surface area contributed by atoms with Gasteiger partial charge in [-0.05, 0) is 37.3 Å². The number of rotatable bonds is 8. The van der Waals surface area contributed by atoms with Gasteiger partial charge in [-0.15, -0.1) is 0 Å². The highest BCUT2D eigenvalue weighted by molar-refractivity contribution is 7.99. The summed E-state index contributed by atoms with van der Waals surface area (Å²) in [5.41, 5.74) is 1.26. The number of para-hydroxylation sites is 2. The zero-order valence-electron chi connectivity index (χ0n) is 15.7. The molecule has 8 nitrogen and oxygen atoms in total. The number of aromatic nitrogens is 2. The van der Waals surface area contributed by atoms with E-state index < -0.39 is 22.5 Å². The second-order valence-corrected chi connectivity index (χ2v) is 8.55. The first-order valence-corrected chi connectivity index (χ1v) is 11.2. The number of hydrogen-bond donors (Lipinski definition) is 2. The number of primary sulfonamides is 1. The van der Waals surface area contributed by atoms with Gasteiger partial charge in [0.05, 0.1) is 27.4 Å². The number of nitrogens with two attached hydrogens (primary N) is 1. The number of amides is 1. The Labute approximate surface area is 175 Å². The fourth-order valence-electron chi connectivity index (χ4n) is 2.77. The third-order valence-corrected chi connectivity index (χ3v) is 5.93. The molecule has 0 atom stereocenters. The molecule has 3 aromatic rings. The molecule has 3 N–H and O–H groups in total. The normalized spacial score (nSPS) is 11.8. The van der Waals surface area contributed by atoms with Gasteiger partial charge in [0.25, 0.3) is 0 Å². The Kier molecular flexibility index (Phi) is 6.58. The van der Waals surface area contributed by atoms with Crippen molar-refractivity contribution >= 4 is 44.4 Å². The molecule has 1 aromatic heterocycles. The van der Waals surface area contributed by atoms with Crippen LogP contribution in [0.25, 0.3) is 11.0 Å². The predicted octanol–water partition coefficient (Wildman–Crippen LogP) is 3.04. The van der Waals surface area contributed by atoms with Gasteiger partial charge >= 0.3 is 6.61 Å². The number of alkyl halides is 2. The number of nitrogens with one attached hydrogen (secondary N) is 1. The fraction of sp³-hybridized carbons (Fsp3) is 0.222.